The predicted octanol–water partition coefficient (Wildman–Crippen LogP) is 5.14. The Labute approximate surface area is 124 Å². The third-order valence-electron chi connectivity index (χ3n) is 2.51. The predicted molar refractivity (Wildman–Crippen MR) is 83.7 cm³/mol. The van der Waals surface area contributed by atoms with E-state index < -0.39 is 6.29 Å². The molecule has 0 N–H and O–H groups in total. The van der Waals surface area contributed by atoms with Crippen LogP contribution in [0.15, 0.2) is 11.1 Å². The van der Waals surface area contributed by atoms with Gasteiger partial charge in [-0.15, -0.1) is 0 Å². The van der Waals surface area contributed by atoms with Crippen LogP contribution in [-0.2, 0) is 13.6 Å². The molecule has 0 atom stereocenters. The zero-order valence-corrected chi connectivity index (χ0v) is 15.2. The Morgan fingerprint density at radius 3 is 1.95 bits per heavy atom. The summed E-state index contributed by atoms with van der Waals surface area (Å²) in [7, 11) is 0. The van der Waals surface area contributed by atoms with E-state index in [9.17, 15) is 4.57 Å². The maximum absolute atomic E-state index is 12.5. The van der Waals surface area contributed by atoms with Gasteiger partial charge in [0.1, 0.15) is 0 Å². The Morgan fingerprint density at radius 1 is 0.947 bits per heavy atom. The van der Waals surface area contributed by atoms with Gasteiger partial charge in [0.05, 0.1) is 0 Å². The Morgan fingerprint density at radius 2 is 1.47 bits per heavy atom. The molecule has 5 heteroatoms. The second-order valence-corrected chi connectivity index (χ2v) is 10.8. The van der Waals surface area contributed by atoms with E-state index in [4.69, 9.17) is 9.05 Å². The standard InChI is InChI=1S/C14H29O3PSe/c1-4-7-10-11-14-19-18(15,16-12-8-5-2)17-13-9-6-3/h11,14H,4-10,12-13H2,1-3H3/b14-11-. The van der Waals surface area contributed by atoms with Crippen molar-refractivity contribution < 1.29 is 13.6 Å². The van der Waals surface area contributed by atoms with Crippen LogP contribution in [0.4, 0.5) is 0 Å². The van der Waals surface area contributed by atoms with Crippen LogP contribution in [-0.4, -0.2) is 27.7 Å². The van der Waals surface area contributed by atoms with Crippen molar-refractivity contribution in [3.05, 3.63) is 11.1 Å². The average molecular weight is 355 g/mol. The maximum atomic E-state index is 12.5. The van der Waals surface area contributed by atoms with E-state index in [1.54, 1.807) is 0 Å². The first-order valence-electron chi connectivity index (χ1n) is 7.41. The molecule has 0 fully saturated rings. The average Bonchev–Trinajstić information content (AvgIpc) is 2.39. The van der Waals surface area contributed by atoms with Crippen molar-refractivity contribution in [1.82, 2.24) is 0 Å². The number of hydrogen-bond acceptors (Lipinski definition) is 3. The van der Waals surface area contributed by atoms with Gasteiger partial charge in [-0.05, 0) is 0 Å². The van der Waals surface area contributed by atoms with Gasteiger partial charge < -0.3 is 0 Å². The molecule has 114 valence electrons. The summed E-state index contributed by atoms with van der Waals surface area (Å²) in [5.41, 5.74) is 0. The second-order valence-electron chi connectivity index (χ2n) is 4.44. The summed E-state index contributed by atoms with van der Waals surface area (Å²) >= 11 is -0.192. The Kier molecular flexibility index (Phi) is 13.7. The van der Waals surface area contributed by atoms with Gasteiger partial charge in [-0.3, -0.25) is 0 Å². The zero-order valence-electron chi connectivity index (χ0n) is 12.6. The van der Waals surface area contributed by atoms with E-state index in [0.717, 1.165) is 32.1 Å². The molecule has 0 bridgehead atoms. The van der Waals surface area contributed by atoms with E-state index in [2.05, 4.69) is 26.8 Å². The summed E-state index contributed by atoms with van der Waals surface area (Å²) in [5.74, 6) is 0. The molecule has 0 saturated heterocycles. The fourth-order valence-corrected chi connectivity index (χ4v) is 5.85. The van der Waals surface area contributed by atoms with Crippen molar-refractivity contribution in [1.29, 1.82) is 0 Å². The van der Waals surface area contributed by atoms with E-state index in [1.807, 2.05) is 4.97 Å². The molecule has 3 nitrogen and oxygen atoms in total. The van der Waals surface area contributed by atoms with Gasteiger partial charge in [0.25, 0.3) is 0 Å². The van der Waals surface area contributed by atoms with Gasteiger partial charge in [-0.1, -0.05) is 0 Å². The molecule has 19 heavy (non-hydrogen) atoms. The van der Waals surface area contributed by atoms with Crippen molar-refractivity contribution >= 4 is 20.8 Å². The van der Waals surface area contributed by atoms with E-state index in [-0.39, 0.29) is 14.5 Å². The Bertz CT molecular complexity index is 255. The normalized spacial score (nSPS) is 12.4. The van der Waals surface area contributed by atoms with Gasteiger partial charge in [-0.25, -0.2) is 0 Å². The van der Waals surface area contributed by atoms with E-state index in [1.165, 1.54) is 12.8 Å². The fraction of sp³-hybridized carbons (Fsp3) is 0.857. The molecule has 0 aromatic heterocycles. The molecule has 0 unspecified atom stereocenters. The van der Waals surface area contributed by atoms with Crippen molar-refractivity contribution in [3.63, 3.8) is 0 Å². The third-order valence-corrected chi connectivity index (χ3v) is 8.00. The van der Waals surface area contributed by atoms with Crippen LogP contribution in [0.5, 0.6) is 0 Å². The third kappa shape index (κ3) is 11.9. The van der Waals surface area contributed by atoms with Crippen molar-refractivity contribution in [2.75, 3.05) is 13.2 Å². The summed E-state index contributed by atoms with van der Waals surface area (Å²) < 4.78 is 23.6. The van der Waals surface area contributed by atoms with Gasteiger partial charge in [-0.2, -0.15) is 0 Å². The van der Waals surface area contributed by atoms with Gasteiger partial charge in [0, 0.05) is 0 Å². The topological polar surface area (TPSA) is 35.5 Å². The van der Waals surface area contributed by atoms with Crippen LogP contribution < -0.4 is 0 Å². The molecule has 0 spiro atoms. The number of rotatable bonds is 13. The van der Waals surface area contributed by atoms with Crippen LogP contribution in [0.1, 0.15) is 65.7 Å². The first-order valence-corrected chi connectivity index (χ1v) is 12.2. The molecule has 0 heterocycles. The minimum absolute atomic E-state index is 0.192. The SMILES string of the molecule is CCCC/C=C\[Se]P(=O)(OCCCC)OCCCC. The number of hydrogen-bond donors (Lipinski definition) is 0. The van der Waals surface area contributed by atoms with Crippen LogP contribution in [0.3, 0.4) is 0 Å². The summed E-state index contributed by atoms with van der Waals surface area (Å²) in [6.45, 7) is 7.46. The molecule has 0 aliphatic carbocycles. The van der Waals surface area contributed by atoms with Crippen LogP contribution in [0.2, 0.25) is 0 Å². The molecule has 0 aliphatic heterocycles. The quantitative estimate of drug-likeness (QED) is 0.261. The molecular formula is C14H29O3PSe. The van der Waals surface area contributed by atoms with Crippen molar-refractivity contribution in [3.8, 4) is 0 Å². The van der Waals surface area contributed by atoms with E-state index in [0.29, 0.717) is 13.2 Å². The molecule has 0 amide bonds. The van der Waals surface area contributed by atoms with Crippen LogP contribution in [0.25, 0.3) is 0 Å². The molecule has 0 radical (unpaired) electrons. The van der Waals surface area contributed by atoms with Gasteiger partial charge in [0.2, 0.25) is 0 Å². The monoisotopic (exact) mass is 356 g/mol. The summed E-state index contributed by atoms with van der Waals surface area (Å²) in [4.78, 5) is 2.02. The first kappa shape index (κ1) is 19.4. The second kappa shape index (κ2) is 13.4. The fourth-order valence-electron chi connectivity index (χ4n) is 1.25. The Hall–Kier alpha value is 0.409. The molecule has 0 aromatic rings. The van der Waals surface area contributed by atoms with Gasteiger partial charge in [0.15, 0.2) is 0 Å². The Balaban J connectivity index is 4.14. The van der Waals surface area contributed by atoms with Crippen LogP contribution >= 0.6 is 6.29 Å². The molecular weight excluding hydrogens is 326 g/mol. The van der Waals surface area contributed by atoms with E-state index >= 15 is 0 Å². The number of allylic oxidation sites excluding steroid dienone is 1. The van der Waals surface area contributed by atoms with Gasteiger partial charge >= 0.3 is 124 Å². The van der Waals surface area contributed by atoms with Crippen molar-refractivity contribution in [2.45, 2.75) is 65.7 Å². The molecule has 0 aliphatic rings. The van der Waals surface area contributed by atoms with Crippen molar-refractivity contribution in [2.24, 2.45) is 0 Å². The zero-order chi connectivity index (χ0) is 14.4. The minimum atomic E-state index is -2.85. The first-order chi connectivity index (χ1) is 9.18. The molecule has 0 aromatic carbocycles. The summed E-state index contributed by atoms with van der Waals surface area (Å²) in [5, 5.41) is 0. The molecule has 0 saturated carbocycles. The number of unbranched alkanes of at least 4 members (excludes halogenated alkanes) is 4. The molecule has 0 rings (SSSR count). The summed E-state index contributed by atoms with van der Waals surface area (Å²) in [6.07, 6.45) is 6.68. The summed E-state index contributed by atoms with van der Waals surface area (Å²) in [6, 6.07) is 0. The van der Waals surface area contributed by atoms with Crippen LogP contribution in [0, 0.1) is 0 Å².